The number of piperidine rings is 1. The zero-order valence-corrected chi connectivity index (χ0v) is 11.9. The van der Waals surface area contributed by atoms with E-state index in [0.717, 1.165) is 19.5 Å². The van der Waals surface area contributed by atoms with Gasteiger partial charge >= 0.3 is 0 Å². The Hall–Kier alpha value is -1.02. The molecular formula is C16H26N2. The SMILES string of the molecule is Cc1ccccc1N1CCC(C)(C)C(CCN)C1. The van der Waals surface area contributed by atoms with E-state index in [-0.39, 0.29) is 0 Å². The Labute approximate surface area is 111 Å². The summed E-state index contributed by atoms with van der Waals surface area (Å²) in [7, 11) is 0. The lowest BCUT2D eigenvalue weighted by Crippen LogP contribution is -2.45. The third-order valence-corrected chi connectivity index (χ3v) is 4.54. The van der Waals surface area contributed by atoms with E-state index in [4.69, 9.17) is 5.73 Å². The molecule has 18 heavy (non-hydrogen) atoms. The summed E-state index contributed by atoms with van der Waals surface area (Å²) < 4.78 is 0. The molecule has 2 heteroatoms. The smallest absolute Gasteiger partial charge is 0.0396 e. The first-order valence-corrected chi connectivity index (χ1v) is 7.05. The Morgan fingerprint density at radius 2 is 2.06 bits per heavy atom. The minimum Gasteiger partial charge on any atom is -0.371 e. The molecule has 100 valence electrons. The molecule has 1 saturated heterocycles. The molecule has 1 aliphatic heterocycles. The predicted octanol–water partition coefficient (Wildman–Crippen LogP) is 3.20. The number of aryl methyl sites for hydroxylation is 1. The quantitative estimate of drug-likeness (QED) is 0.887. The van der Waals surface area contributed by atoms with Gasteiger partial charge in [0.25, 0.3) is 0 Å². The van der Waals surface area contributed by atoms with Gasteiger partial charge in [0.05, 0.1) is 0 Å². The van der Waals surface area contributed by atoms with Gasteiger partial charge in [0, 0.05) is 18.8 Å². The molecule has 0 aliphatic carbocycles. The highest BCUT2D eigenvalue weighted by Gasteiger charge is 2.35. The maximum Gasteiger partial charge on any atom is 0.0396 e. The molecule has 1 fully saturated rings. The third-order valence-electron chi connectivity index (χ3n) is 4.54. The number of hydrogen-bond acceptors (Lipinski definition) is 2. The van der Waals surface area contributed by atoms with Gasteiger partial charge in [-0.25, -0.2) is 0 Å². The van der Waals surface area contributed by atoms with Gasteiger partial charge < -0.3 is 10.6 Å². The number of benzene rings is 1. The minimum atomic E-state index is 0.429. The second-order valence-corrected chi connectivity index (χ2v) is 6.25. The van der Waals surface area contributed by atoms with Crippen LogP contribution in [0.25, 0.3) is 0 Å². The Morgan fingerprint density at radius 3 is 2.72 bits per heavy atom. The highest BCUT2D eigenvalue weighted by Crippen LogP contribution is 2.39. The van der Waals surface area contributed by atoms with Gasteiger partial charge in [-0.3, -0.25) is 0 Å². The number of anilines is 1. The highest BCUT2D eigenvalue weighted by atomic mass is 15.1. The van der Waals surface area contributed by atoms with Crippen LogP contribution in [0, 0.1) is 18.3 Å². The lowest BCUT2D eigenvalue weighted by Gasteiger charge is -2.45. The van der Waals surface area contributed by atoms with Crippen molar-refractivity contribution in [3.05, 3.63) is 29.8 Å². The van der Waals surface area contributed by atoms with E-state index in [1.807, 2.05) is 0 Å². The number of rotatable bonds is 3. The Balaban J connectivity index is 2.16. The first-order chi connectivity index (χ1) is 8.54. The average molecular weight is 246 g/mol. The molecule has 0 spiro atoms. The summed E-state index contributed by atoms with van der Waals surface area (Å²) in [5.74, 6) is 0.704. The molecule has 1 unspecified atom stereocenters. The third kappa shape index (κ3) is 2.69. The van der Waals surface area contributed by atoms with Crippen LogP contribution in [0.2, 0.25) is 0 Å². The molecule has 1 aliphatic rings. The van der Waals surface area contributed by atoms with Crippen LogP contribution in [0.5, 0.6) is 0 Å². The number of nitrogens with two attached hydrogens (primary N) is 1. The number of hydrogen-bond donors (Lipinski definition) is 1. The number of para-hydroxylation sites is 1. The van der Waals surface area contributed by atoms with Crippen LogP contribution in [-0.2, 0) is 0 Å². The summed E-state index contributed by atoms with van der Waals surface area (Å²) in [6.45, 7) is 10.1. The monoisotopic (exact) mass is 246 g/mol. The van der Waals surface area contributed by atoms with E-state index in [9.17, 15) is 0 Å². The van der Waals surface area contributed by atoms with Crippen molar-refractivity contribution in [3.63, 3.8) is 0 Å². The van der Waals surface area contributed by atoms with Crippen molar-refractivity contribution in [2.75, 3.05) is 24.5 Å². The summed E-state index contributed by atoms with van der Waals surface area (Å²) in [6, 6.07) is 8.70. The van der Waals surface area contributed by atoms with Gasteiger partial charge in [-0.15, -0.1) is 0 Å². The second kappa shape index (κ2) is 5.31. The first kappa shape index (κ1) is 13.4. The summed E-state index contributed by atoms with van der Waals surface area (Å²) >= 11 is 0. The van der Waals surface area contributed by atoms with Gasteiger partial charge in [-0.05, 0) is 49.3 Å². The zero-order valence-electron chi connectivity index (χ0n) is 11.9. The molecular weight excluding hydrogens is 220 g/mol. The van der Waals surface area contributed by atoms with Crippen LogP contribution < -0.4 is 10.6 Å². The van der Waals surface area contributed by atoms with E-state index in [1.165, 1.54) is 24.2 Å². The molecule has 2 rings (SSSR count). The van der Waals surface area contributed by atoms with Crippen molar-refractivity contribution in [3.8, 4) is 0 Å². The largest absolute Gasteiger partial charge is 0.371 e. The molecule has 2 nitrogen and oxygen atoms in total. The molecule has 0 bridgehead atoms. The van der Waals surface area contributed by atoms with E-state index >= 15 is 0 Å². The lowest BCUT2D eigenvalue weighted by molar-refractivity contribution is 0.163. The first-order valence-electron chi connectivity index (χ1n) is 7.05. The van der Waals surface area contributed by atoms with E-state index in [2.05, 4.69) is 49.9 Å². The van der Waals surface area contributed by atoms with Gasteiger partial charge in [0.15, 0.2) is 0 Å². The fourth-order valence-electron chi connectivity index (χ4n) is 3.05. The summed E-state index contributed by atoms with van der Waals surface area (Å²) in [5.41, 5.74) is 8.98. The van der Waals surface area contributed by atoms with Crippen molar-refractivity contribution in [1.82, 2.24) is 0 Å². The highest BCUT2D eigenvalue weighted by molar-refractivity contribution is 5.53. The summed E-state index contributed by atoms with van der Waals surface area (Å²) in [5, 5.41) is 0. The minimum absolute atomic E-state index is 0.429. The summed E-state index contributed by atoms with van der Waals surface area (Å²) in [6.07, 6.45) is 2.39. The molecule has 0 radical (unpaired) electrons. The van der Waals surface area contributed by atoms with Crippen molar-refractivity contribution in [2.45, 2.75) is 33.6 Å². The zero-order chi connectivity index (χ0) is 13.2. The van der Waals surface area contributed by atoms with Crippen LogP contribution in [-0.4, -0.2) is 19.6 Å². The standard InChI is InChI=1S/C16H26N2/c1-13-6-4-5-7-15(13)18-11-9-16(2,3)14(12-18)8-10-17/h4-7,14H,8-12,17H2,1-3H3. The van der Waals surface area contributed by atoms with Gasteiger partial charge in [0.2, 0.25) is 0 Å². The molecule has 2 N–H and O–H groups in total. The van der Waals surface area contributed by atoms with Crippen LogP contribution >= 0.6 is 0 Å². The Morgan fingerprint density at radius 1 is 1.33 bits per heavy atom. The molecule has 1 heterocycles. The van der Waals surface area contributed by atoms with Crippen LogP contribution in [0.1, 0.15) is 32.3 Å². The topological polar surface area (TPSA) is 29.3 Å². The molecule has 1 aromatic carbocycles. The summed E-state index contributed by atoms with van der Waals surface area (Å²) in [4.78, 5) is 2.54. The Bertz CT molecular complexity index is 398. The predicted molar refractivity (Wildman–Crippen MR) is 79.0 cm³/mol. The lowest BCUT2D eigenvalue weighted by atomic mass is 9.71. The molecule has 1 aromatic rings. The van der Waals surface area contributed by atoms with Crippen molar-refractivity contribution in [2.24, 2.45) is 17.1 Å². The molecule has 1 atom stereocenters. The van der Waals surface area contributed by atoms with E-state index < -0.39 is 0 Å². The van der Waals surface area contributed by atoms with Gasteiger partial charge in [0.1, 0.15) is 0 Å². The van der Waals surface area contributed by atoms with Crippen LogP contribution in [0.15, 0.2) is 24.3 Å². The Kier molecular flexibility index (Phi) is 3.96. The normalized spacial score (nSPS) is 23.1. The second-order valence-electron chi connectivity index (χ2n) is 6.25. The maximum absolute atomic E-state index is 5.78. The van der Waals surface area contributed by atoms with Crippen molar-refractivity contribution >= 4 is 5.69 Å². The fourth-order valence-corrected chi connectivity index (χ4v) is 3.05. The van der Waals surface area contributed by atoms with Crippen LogP contribution in [0.3, 0.4) is 0 Å². The maximum atomic E-state index is 5.78. The van der Waals surface area contributed by atoms with Gasteiger partial charge in [-0.2, -0.15) is 0 Å². The van der Waals surface area contributed by atoms with E-state index in [1.54, 1.807) is 0 Å². The average Bonchev–Trinajstić information content (AvgIpc) is 2.33. The molecule has 0 aromatic heterocycles. The van der Waals surface area contributed by atoms with Gasteiger partial charge in [-0.1, -0.05) is 32.0 Å². The number of nitrogens with zero attached hydrogens (tertiary/aromatic N) is 1. The van der Waals surface area contributed by atoms with Crippen LogP contribution in [0.4, 0.5) is 5.69 Å². The molecule has 0 amide bonds. The van der Waals surface area contributed by atoms with Crippen molar-refractivity contribution in [1.29, 1.82) is 0 Å². The molecule has 0 saturated carbocycles. The fraction of sp³-hybridized carbons (Fsp3) is 0.625. The van der Waals surface area contributed by atoms with Crippen molar-refractivity contribution < 1.29 is 0 Å². The van der Waals surface area contributed by atoms with E-state index in [0.29, 0.717) is 11.3 Å².